The molecule has 1 aliphatic heterocycles. The van der Waals surface area contributed by atoms with Crippen LogP contribution in [-0.4, -0.2) is 53.8 Å². The van der Waals surface area contributed by atoms with Gasteiger partial charge in [0.25, 0.3) is 5.91 Å². The van der Waals surface area contributed by atoms with Crippen LogP contribution in [0.25, 0.3) is 10.4 Å². The van der Waals surface area contributed by atoms with Gasteiger partial charge in [-0.1, -0.05) is 36.4 Å². The molecule has 31 heavy (non-hydrogen) atoms. The summed E-state index contributed by atoms with van der Waals surface area (Å²) >= 11 is 1.72. The molecule has 6 heteroatoms. The minimum absolute atomic E-state index is 0.0772. The Morgan fingerprint density at radius 1 is 1.10 bits per heavy atom. The summed E-state index contributed by atoms with van der Waals surface area (Å²) < 4.78 is 0. The van der Waals surface area contributed by atoms with E-state index in [0.29, 0.717) is 25.2 Å². The minimum atomic E-state index is -0.628. The number of piperidine rings is 1. The van der Waals surface area contributed by atoms with Gasteiger partial charge in [0, 0.05) is 38.3 Å². The number of pyridine rings is 1. The normalized spacial score (nSPS) is 18.6. The number of likely N-dealkylation sites (tertiary alicyclic amines) is 1. The van der Waals surface area contributed by atoms with Crippen LogP contribution in [0.15, 0.2) is 66.2 Å². The highest BCUT2D eigenvalue weighted by molar-refractivity contribution is 7.13. The van der Waals surface area contributed by atoms with E-state index in [2.05, 4.69) is 40.7 Å². The van der Waals surface area contributed by atoms with Crippen molar-refractivity contribution in [3.63, 3.8) is 0 Å². The maximum atomic E-state index is 13.4. The molecule has 0 bridgehead atoms. The Bertz CT molecular complexity index is 1030. The molecule has 3 heterocycles. The predicted octanol–water partition coefficient (Wildman–Crippen LogP) is 4.36. The first-order valence-electron chi connectivity index (χ1n) is 10.5. The van der Waals surface area contributed by atoms with Crippen LogP contribution in [0.5, 0.6) is 0 Å². The maximum Gasteiger partial charge on any atom is 0.272 e. The molecule has 1 aromatic carbocycles. The lowest BCUT2D eigenvalue weighted by atomic mass is 9.73. The predicted molar refractivity (Wildman–Crippen MR) is 124 cm³/mol. The van der Waals surface area contributed by atoms with Crippen LogP contribution in [0.1, 0.15) is 28.9 Å². The van der Waals surface area contributed by atoms with Crippen molar-refractivity contribution in [2.24, 2.45) is 5.41 Å². The third-order valence-corrected chi connectivity index (χ3v) is 6.83. The topological polar surface area (TPSA) is 53.5 Å². The number of carbonyl (C=O) groups is 2. The fourth-order valence-corrected chi connectivity index (χ4v) is 5.18. The van der Waals surface area contributed by atoms with E-state index in [1.54, 1.807) is 53.6 Å². The molecule has 0 N–H and O–H groups in total. The molecule has 2 aromatic heterocycles. The van der Waals surface area contributed by atoms with Crippen LogP contribution in [0.2, 0.25) is 0 Å². The van der Waals surface area contributed by atoms with Gasteiger partial charge in [0.05, 0.1) is 5.41 Å². The fraction of sp³-hybridized carbons (Fsp3) is 0.320. The lowest BCUT2D eigenvalue weighted by Crippen LogP contribution is -2.54. The van der Waals surface area contributed by atoms with Crippen LogP contribution in [0.4, 0.5) is 0 Å². The Labute approximate surface area is 187 Å². The highest BCUT2D eigenvalue weighted by atomic mass is 32.1. The van der Waals surface area contributed by atoms with Crippen molar-refractivity contribution in [1.82, 2.24) is 14.8 Å². The minimum Gasteiger partial charge on any atom is -0.348 e. The van der Waals surface area contributed by atoms with Gasteiger partial charge in [0.2, 0.25) is 5.91 Å². The van der Waals surface area contributed by atoms with Gasteiger partial charge in [-0.3, -0.25) is 14.6 Å². The molecule has 3 aromatic rings. The van der Waals surface area contributed by atoms with Gasteiger partial charge in [-0.25, -0.2) is 0 Å². The van der Waals surface area contributed by atoms with E-state index in [1.807, 2.05) is 12.1 Å². The van der Waals surface area contributed by atoms with Crippen molar-refractivity contribution in [3.05, 3.63) is 77.4 Å². The number of hydrogen-bond acceptors (Lipinski definition) is 4. The average molecular weight is 434 g/mol. The van der Waals surface area contributed by atoms with E-state index in [9.17, 15) is 9.59 Å². The van der Waals surface area contributed by atoms with E-state index in [1.165, 1.54) is 10.4 Å². The zero-order chi connectivity index (χ0) is 21.8. The Hall–Kier alpha value is -2.99. The van der Waals surface area contributed by atoms with Crippen molar-refractivity contribution in [2.45, 2.75) is 19.3 Å². The quantitative estimate of drug-likeness (QED) is 0.601. The molecule has 1 saturated heterocycles. The van der Waals surface area contributed by atoms with Crippen LogP contribution in [-0.2, 0) is 11.2 Å². The molecule has 1 atom stereocenters. The lowest BCUT2D eigenvalue weighted by molar-refractivity contribution is -0.142. The second-order valence-corrected chi connectivity index (χ2v) is 9.32. The number of hydrogen-bond donors (Lipinski definition) is 0. The molecule has 2 amide bonds. The summed E-state index contributed by atoms with van der Waals surface area (Å²) in [6.07, 6.45) is 3.80. The van der Waals surface area contributed by atoms with E-state index < -0.39 is 5.41 Å². The van der Waals surface area contributed by atoms with Crippen molar-refractivity contribution in [3.8, 4) is 10.4 Å². The number of thiophene rings is 1. The first-order chi connectivity index (χ1) is 15.0. The Balaban J connectivity index is 1.59. The molecule has 0 radical (unpaired) electrons. The van der Waals surface area contributed by atoms with Crippen LogP contribution in [0.3, 0.4) is 0 Å². The second kappa shape index (κ2) is 9.02. The summed E-state index contributed by atoms with van der Waals surface area (Å²) in [5, 5.41) is 2.07. The molecule has 1 fully saturated rings. The maximum absolute atomic E-state index is 13.4. The molecule has 1 aliphatic rings. The molecule has 160 valence electrons. The van der Waals surface area contributed by atoms with Gasteiger partial charge in [-0.15, -0.1) is 11.3 Å². The van der Waals surface area contributed by atoms with Gasteiger partial charge in [-0.2, -0.15) is 0 Å². The SMILES string of the molecule is CN(C)C(=O)C1(Cc2ccc(-c3cccs3)cc2)CCCN(C(=O)c2ccccn2)C1. The van der Waals surface area contributed by atoms with Crippen molar-refractivity contribution in [2.75, 3.05) is 27.2 Å². The fourth-order valence-electron chi connectivity index (χ4n) is 4.45. The zero-order valence-electron chi connectivity index (χ0n) is 18.0. The van der Waals surface area contributed by atoms with Gasteiger partial charge in [0.1, 0.15) is 5.69 Å². The molecule has 0 spiro atoms. The Morgan fingerprint density at radius 3 is 2.55 bits per heavy atom. The van der Waals surface area contributed by atoms with Crippen LogP contribution >= 0.6 is 11.3 Å². The molecule has 0 aliphatic carbocycles. The summed E-state index contributed by atoms with van der Waals surface area (Å²) in [7, 11) is 3.59. The number of aromatic nitrogens is 1. The summed E-state index contributed by atoms with van der Waals surface area (Å²) in [6.45, 7) is 1.06. The number of carbonyl (C=O) groups excluding carboxylic acids is 2. The van der Waals surface area contributed by atoms with E-state index >= 15 is 0 Å². The molecule has 0 saturated carbocycles. The van der Waals surface area contributed by atoms with Gasteiger partial charge >= 0.3 is 0 Å². The highest BCUT2D eigenvalue weighted by Gasteiger charge is 2.44. The largest absolute Gasteiger partial charge is 0.348 e. The van der Waals surface area contributed by atoms with Crippen molar-refractivity contribution >= 4 is 23.2 Å². The monoisotopic (exact) mass is 433 g/mol. The average Bonchev–Trinajstić information content (AvgIpc) is 3.34. The van der Waals surface area contributed by atoms with Gasteiger partial charge in [0.15, 0.2) is 0 Å². The Kier molecular flexibility index (Phi) is 6.18. The second-order valence-electron chi connectivity index (χ2n) is 8.38. The third-order valence-electron chi connectivity index (χ3n) is 5.91. The summed E-state index contributed by atoms with van der Waals surface area (Å²) in [6, 6.07) is 18.0. The number of rotatable bonds is 5. The summed E-state index contributed by atoms with van der Waals surface area (Å²) in [4.78, 5) is 35.3. The lowest BCUT2D eigenvalue weighted by Gasteiger charge is -2.43. The smallest absolute Gasteiger partial charge is 0.272 e. The number of nitrogens with zero attached hydrogens (tertiary/aromatic N) is 3. The molecule has 4 rings (SSSR count). The molecule has 1 unspecified atom stereocenters. The van der Waals surface area contributed by atoms with Gasteiger partial charge in [-0.05, 0) is 54.0 Å². The van der Waals surface area contributed by atoms with E-state index in [0.717, 1.165) is 18.4 Å². The van der Waals surface area contributed by atoms with E-state index in [-0.39, 0.29) is 11.8 Å². The number of benzene rings is 1. The van der Waals surface area contributed by atoms with Crippen molar-refractivity contribution in [1.29, 1.82) is 0 Å². The molecule has 5 nitrogen and oxygen atoms in total. The standard InChI is InChI=1S/C25H27N3O2S/c1-27(2)24(30)25(17-19-9-11-20(12-10-19)22-8-5-16-31-22)13-6-15-28(18-25)23(29)21-7-3-4-14-26-21/h3-5,7-12,14,16H,6,13,15,17-18H2,1-2H3. The molecular weight excluding hydrogens is 406 g/mol. The highest BCUT2D eigenvalue weighted by Crippen LogP contribution is 2.36. The van der Waals surface area contributed by atoms with E-state index in [4.69, 9.17) is 0 Å². The number of amides is 2. The van der Waals surface area contributed by atoms with Crippen LogP contribution < -0.4 is 0 Å². The zero-order valence-corrected chi connectivity index (χ0v) is 18.8. The first-order valence-corrected chi connectivity index (χ1v) is 11.4. The van der Waals surface area contributed by atoms with Crippen molar-refractivity contribution < 1.29 is 9.59 Å². The summed E-state index contributed by atoms with van der Waals surface area (Å²) in [5.41, 5.74) is 2.09. The summed E-state index contributed by atoms with van der Waals surface area (Å²) in [5.74, 6) is -0.0300. The van der Waals surface area contributed by atoms with Gasteiger partial charge < -0.3 is 9.80 Å². The Morgan fingerprint density at radius 2 is 1.90 bits per heavy atom. The third kappa shape index (κ3) is 4.54. The first kappa shape index (κ1) is 21.2. The van der Waals surface area contributed by atoms with Crippen LogP contribution in [0, 0.1) is 5.41 Å². The molecular formula is C25H27N3O2S.